The molecule has 0 spiro atoms. The van der Waals surface area contributed by atoms with Gasteiger partial charge >= 0.3 is 0 Å². The largest absolute Gasteiger partial charge is 0.372 e. The molecule has 0 aromatic rings. The van der Waals surface area contributed by atoms with Crippen LogP contribution in [0.3, 0.4) is 0 Å². The van der Waals surface area contributed by atoms with Crippen molar-refractivity contribution in [2.75, 3.05) is 13.1 Å². The molecule has 0 aromatic heterocycles. The summed E-state index contributed by atoms with van der Waals surface area (Å²) >= 11 is 0. The van der Waals surface area contributed by atoms with Crippen molar-refractivity contribution < 1.29 is 1.43 Å². The minimum Gasteiger partial charge on any atom is -0.372 e. The predicted octanol–water partition coefficient (Wildman–Crippen LogP) is 4.25. The van der Waals surface area contributed by atoms with Gasteiger partial charge in [0, 0.05) is 25.8 Å². The van der Waals surface area contributed by atoms with Crippen LogP contribution < -0.4 is 0 Å². The van der Waals surface area contributed by atoms with E-state index >= 15 is 0 Å². The van der Waals surface area contributed by atoms with E-state index in [2.05, 4.69) is 30.9 Å². The average molecular weight is 221 g/mol. The molecule has 0 rings (SSSR count). The second-order valence-electron chi connectivity index (χ2n) is 3.12. The standard InChI is InChI=1S/C13H19N.C2H6.H2/c1-6-9-10-14(8-3)13(5)11-12(4)7-2;1-2;/h2,6,11H,1,5,8-10H2,3-4H3;1-2H3;1H/b12-11-;;. The van der Waals surface area contributed by atoms with Crippen molar-refractivity contribution in [2.24, 2.45) is 0 Å². The van der Waals surface area contributed by atoms with Crippen molar-refractivity contribution in [3.63, 3.8) is 0 Å². The maximum Gasteiger partial charge on any atom is 0.0302 e. The van der Waals surface area contributed by atoms with Crippen LogP contribution in [0.1, 0.15) is 35.5 Å². The number of terminal acetylenes is 1. The highest BCUT2D eigenvalue weighted by Crippen LogP contribution is 2.07. The van der Waals surface area contributed by atoms with Gasteiger partial charge in [0.15, 0.2) is 0 Å². The lowest BCUT2D eigenvalue weighted by Gasteiger charge is -2.22. The Balaban J connectivity index is -0.000000616. The summed E-state index contributed by atoms with van der Waals surface area (Å²) in [6, 6.07) is 0. The van der Waals surface area contributed by atoms with E-state index in [9.17, 15) is 0 Å². The van der Waals surface area contributed by atoms with Gasteiger partial charge in [-0.3, -0.25) is 0 Å². The fraction of sp³-hybridized carbons (Fsp3) is 0.467. The van der Waals surface area contributed by atoms with Gasteiger partial charge in [-0.25, -0.2) is 0 Å². The SMILES string of the molecule is C#C/C(C)=C\C(=C)N(CC)CCC=C.CC.[HH]. The van der Waals surface area contributed by atoms with Crippen molar-refractivity contribution in [3.05, 3.63) is 36.6 Å². The normalized spacial score (nSPS) is 9.56. The van der Waals surface area contributed by atoms with E-state index < -0.39 is 0 Å². The van der Waals surface area contributed by atoms with Gasteiger partial charge in [0.25, 0.3) is 0 Å². The summed E-state index contributed by atoms with van der Waals surface area (Å²) in [5, 5.41) is 0. The molecular weight excluding hydrogens is 194 g/mol. The van der Waals surface area contributed by atoms with Crippen LogP contribution in [0.25, 0.3) is 0 Å². The highest BCUT2D eigenvalue weighted by atomic mass is 15.1. The van der Waals surface area contributed by atoms with Gasteiger partial charge < -0.3 is 4.90 Å². The zero-order valence-corrected chi connectivity index (χ0v) is 11.2. The molecule has 0 radical (unpaired) electrons. The van der Waals surface area contributed by atoms with E-state index in [-0.39, 0.29) is 1.43 Å². The fourth-order valence-electron chi connectivity index (χ4n) is 1.13. The van der Waals surface area contributed by atoms with Gasteiger partial charge in [-0.05, 0) is 26.3 Å². The van der Waals surface area contributed by atoms with Crippen molar-refractivity contribution in [3.8, 4) is 12.3 Å². The molecule has 0 atom stereocenters. The number of hydrogen-bond donors (Lipinski definition) is 0. The molecule has 0 aromatic carbocycles. The average Bonchev–Trinajstić information content (AvgIpc) is 2.32. The molecule has 0 unspecified atom stereocenters. The minimum absolute atomic E-state index is 0. The molecule has 0 aliphatic heterocycles. The molecule has 1 nitrogen and oxygen atoms in total. The topological polar surface area (TPSA) is 3.24 Å². The van der Waals surface area contributed by atoms with Gasteiger partial charge in [-0.2, -0.15) is 0 Å². The quantitative estimate of drug-likeness (QED) is 0.368. The zero-order chi connectivity index (χ0) is 13.0. The summed E-state index contributed by atoms with van der Waals surface area (Å²) in [7, 11) is 0. The zero-order valence-electron chi connectivity index (χ0n) is 11.2. The number of likely N-dealkylation sites (N-methyl/N-ethyl adjacent to an activating group) is 1. The second-order valence-corrected chi connectivity index (χ2v) is 3.12. The molecule has 0 bridgehead atoms. The molecule has 16 heavy (non-hydrogen) atoms. The molecule has 0 fully saturated rings. The van der Waals surface area contributed by atoms with E-state index in [1.54, 1.807) is 0 Å². The number of allylic oxidation sites excluding steroid dienone is 2. The van der Waals surface area contributed by atoms with Crippen LogP contribution in [-0.4, -0.2) is 18.0 Å². The van der Waals surface area contributed by atoms with Crippen LogP contribution in [0.15, 0.2) is 36.6 Å². The third-order valence-corrected chi connectivity index (χ3v) is 2.00. The van der Waals surface area contributed by atoms with Crippen LogP contribution >= 0.6 is 0 Å². The van der Waals surface area contributed by atoms with E-state index in [0.717, 1.165) is 30.8 Å². The van der Waals surface area contributed by atoms with Gasteiger partial charge in [-0.15, -0.1) is 13.0 Å². The first-order valence-corrected chi connectivity index (χ1v) is 5.85. The van der Waals surface area contributed by atoms with Crippen molar-refractivity contribution in [1.29, 1.82) is 0 Å². The Kier molecular flexibility index (Phi) is 12.4. The molecule has 92 valence electrons. The molecule has 0 N–H and O–H groups in total. The molecule has 0 heterocycles. The first-order valence-electron chi connectivity index (χ1n) is 5.85. The highest BCUT2D eigenvalue weighted by molar-refractivity contribution is 5.30. The molecule has 0 saturated carbocycles. The molecule has 0 aliphatic rings. The number of nitrogens with zero attached hydrogens (tertiary/aromatic N) is 1. The van der Waals surface area contributed by atoms with E-state index in [0.29, 0.717) is 0 Å². The third-order valence-electron chi connectivity index (χ3n) is 2.00. The Labute approximate surface area is 103 Å². The Morgan fingerprint density at radius 1 is 1.50 bits per heavy atom. The van der Waals surface area contributed by atoms with E-state index in [1.807, 2.05) is 32.9 Å². The molecule has 0 saturated heterocycles. The summed E-state index contributed by atoms with van der Waals surface area (Å²) in [6.45, 7) is 17.6. The van der Waals surface area contributed by atoms with E-state index in [1.165, 1.54) is 0 Å². The van der Waals surface area contributed by atoms with Crippen LogP contribution in [0, 0.1) is 12.3 Å². The lowest BCUT2D eigenvalue weighted by molar-refractivity contribution is 0.382. The minimum atomic E-state index is 0. The summed E-state index contributed by atoms with van der Waals surface area (Å²) < 4.78 is 0. The Morgan fingerprint density at radius 3 is 2.44 bits per heavy atom. The Morgan fingerprint density at radius 2 is 2.06 bits per heavy atom. The molecule has 1 heteroatoms. The maximum absolute atomic E-state index is 5.27. The van der Waals surface area contributed by atoms with Crippen LogP contribution in [0.2, 0.25) is 0 Å². The summed E-state index contributed by atoms with van der Waals surface area (Å²) in [5.74, 6) is 2.58. The van der Waals surface area contributed by atoms with Gasteiger partial charge in [0.1, 0.15) is 0 Å². The highest BCUT2D eigenvalue weighted by Gasteiger charge is 2.01. The molecular formula is C15H27N. The Bertz CT molecular complexity index is 271. The van der Waals surface area contributed by atoms with Crippen molar-refractivity contribution >= 4 is 0 Å². The van der Waals surface area contributed by atoms with Gasteiger partial charge in [-0.1, -0.05) is 32.4 Å². The second kappa shape index (κ2) is 11.7. The first-order chi connectivity index (χ1) is 7.65. The van der Waals surface area contributed by atoms with Crippen molar-refractivity contribution in [1.82, 2.24) is 4.90 Å². The number of rotatable bonds is 6. The Hall–Kier alpha value is -1.42. The maximum atomic E-state index is 5.27. The lowest BCUT2D eigenvalue weighted by Crippen LogP contribution is -2.22. The lowest BCUT2D eigenvalue weighted by atomic mass is 10.2. The molecule has 0 amide bonds. The molecule has 0 aliphatic carbocycles. The van der Waals surface area contributed by atoms with Crippen LogP contribution in [0.4, 0.5) is 0 Å². The summed E-state index contributed by atoms with van der Waals surface area (Å²) in [6.07, 6.45) is 10.1. The van der Waals surface area contributed by atoms with Crippen molar-refractivity contribution in [2.45, 2.75) is 34.1 Å². The predicted molar refractivity (Wildman–Crippen MR) is 77.3 cm³/mol. The monoisotopic (exact) mass is 221 g/mol. The van der Waals surface area contributed by atoms with Crippen LogP contribution in [0.5, 0.6) is 0 Å². The summed E-state index contributed by atoms with van der Waals surface area (Å²) in [4.78, 5) is 2.18. The smallest absolute Gasteiger partial charge is 0.0302 e. The first kappa shape index (κ1) is 17.0. The number of hydrogen-bond acceptors (Lipinski definition) is 1. The third kappa shape index (κ3) is 7.94. The summed E-state index contributed by atoms with van der Waals surface area (Å²) in [5.41, 5.74) is 1.89. The van der Waals surface area contributed by atoms with Gasteiger partial charge in [0.05, 0.1) is 0 Å². The van der Waals surface area contributed by atoms with Crippen LogP contribution in [-0.2, 0) is 0 Å². The van der Waals surface area contributed by atoms with E-state index in [4.69, 9.17) is 6.42 Å². The fourth-order valence-corrected chi connectivity index (χ4v) is 1.13. The van der Waals surface area contributed by atoms with Gasteiger partial charge in [0.2, 0.25) is 0 Å².